The molecule has 6 heteroatoms. The zero-order valence-electron chi connectivity index (χ0n) is 11.6. The van der Waals surface area contributed by atoms with E-state index < -0.39 is 11.7 Å². The van der Waals surface area contributed by atoms with Crippen molar-refractivity contribution in [2.45, 2.75) is 0 Å². The van der Waals surface area contributed by atoms with E-state index in [0.29, 0.717) is 11.3 Å². The van der Waals surface area contributed by atoms with Crippen LogP contribution in [0.25, 0.3) is 0 Å². The zero-order valence-corrected chi connectivity index (χ0v) is 11.6. The second-order valence-electron chi connectivity index (χ2n) is 4.59. The maximum absolute atomic E-state index is 13.4. The van der Waals surface area contributed by atoms with Crippen LogP contribution in [0.2, 0.25) is 0 Å². The molecule has 0 radical (unpaired) electrons. The third kappa shape index (κ3) is 3.42. The minimum atomic E-state index is -0.686. The molecular formula is C15H14FN3O2. The van der Waals surface area contributed by atoms with E-state index in [2.05, 4.69) is 10.3 Å². The molecule has 2 aromatic rings. The van der Waals surface area contributed by atoms with Gasteiger partial charge in [-0.2, -0.15) is 0 Å². The molecule has 2 amide bonds. The summed E-state index contributed by atoms with van der Waals surface area (Å²) in [6, 6.07) is 7.68. The Balaban J connectivity index is 2.12. The fourth-order valence-corrected chi connectivity index (χ4v) is 1.71. The molecule has 108 valence electrons. The highest BCUT2D eigenvalue weighted by molar-refractivity contribution is 6.04. The van der Waals surface area contributed by atoms with Crippen LogP contribution in [0.4, 0.5) is 10.1 Å². The Morgan fingerprint density at radius 3 is 2.38 bits per heavy atom. The van der Waals surface area contributed by atoms with E-state index in [1.165, 1.54) is 17.2 Å². The van der Waals surface area contributed by atoms with Gasteiger partial charge in [0.05, 0.1) is 11.8 Å². The summed E-state index contributed by atoms with van der Waals surface area (Å²) in [5, 5.41) is 2.56. The third-order valence-corrected chi connectivity index (χ3v) is 2.81. The number of halogens is 1. The summed E-state index contributed by atoms with van der Waals surface area (Å²) in [6.07, 6.45) is 2.32. The van der Waals surface area contributed by atoms with Crippen molar-refractivity contribution in [1.29, 1.82) is 0 Å². The van der Waals surface area contributed by atoms with Crippen LogP contribution >= 0.6 is 0 Å². The lowest BCUT2D eigenvalue weighted by molar-refractivity contribution is 0.0827. The molecule has 0 atom stereocenters. The Labute approximate surface area is 121 Å². The van der Waals surface area contributed by atoms with Crippen LogP contribution < -0.4 is 5.32 Å². The Hall–Kier alpha value is -2.76. The molecule has 1 aromatic carbocycles. The zero-order chi connectivity index (χ0) is 15.4. The molecule has 0 unspecified atom stereocenters. The summed E-state index contributed by atoms with van der Waals surface area (Å²) in [4.78, 5) is 28.7. The predicted molar refractivity (Wildman–Crippen MR) is 76.6 cm³/mol. The number of hydrogen-bond donors (Lipinski definition) is 1. The van der Waals surface area contributed by atoms with Crippen LogP contribution in [-0.4, -0.2) is 35.8 Å². The molecule has 1 heterocycles. The number of carbonyl (C=O) groups is 2. The van der Waals surface area contributed by atoms with E-state index in [4.69, 9.17) is 0 Å². The van der Waals surface area contributed by atoms with E-state index in [0.717, 1.165) is 6.20 Å². The van der Waals surface area contributed by atoms with Gasteiger partial charge in [-0.05, 0) is 30.3 Å². The highest BCUT2D eigenvalue weighted by Crippen LogP contribution is 2.13. The van der Waals surface area contributed by atoms with Crippen molar-refractivity contribution in [3.63, 3.8) is 0 Å². The molecule has 0 saturated carbocycles. The summed E-state index contributed by atoms with van der Waals surface area (Å²) in [6.45, 7) is 0. The van der Waals surface area contributed by atoms with Gasteiger partial charge in [0.15, 0.2) is 5.82 Å². The molecule has 2 rings (SSSR count). The van der Waals surface area contributed by atoms with Gasteiger partial charge < -0.3 is 10.2 Å². The van der Waals surface area contributed by atoms with Gasteiger partial charge in [-0.1, -0.05) is 0 Å². The molecule has 0 bridgehead atoms. The van der Waals surface area contributed by atoms with Crippen LogP contribution in [-0.2, 0) is 0 Å². The molecule has 0 aliphatic heterocycles. The number of hydrogen-bond acceptors (Lipinski definition) is 3. The number of anilines is 1. The summed E-state index contributed by atoms with van der Waals surface area (Å²) in [5.74, 6) is -1.39. The lowest BCUT2D eigenvalue weighted by Gasteiger charge is -2.11. The SMILES string of the molecule is CN(C)C(=O)c1ccc(NC(=O)c2ccncc2F)cc1. The van der Waals surface area contributed by atoms with Crippen LogP contribution in [0.1, 0.15) is 20.7 Å². The van der Waals surface area contributed by atoms with E-state index in [1.807, 2.05) is 0 Å². The van der Waals surface area contributed by atoms with Crippen LogP contribution in [0.3, 0.4) is 0 Å². The van der Waals surface area contributed by atoms with Crippen molar-refractivity contribution in [1.82, 2.24) is 9.88 Å². The van der Waals surface area contributed by atoms with Crippen molar-refractivity contribution in [2.75, 3.05) is 19.4 Å². The number of rotatable bonds is 3. The van der Waals surface area contributed by atoms with Gasteiger partial charge in [-0.15, -0.1) is 0 Å². The molecule has 0 spiro atoms. The van der Waals surface area contributed by atoms with Gasteiger partial charge >= 0.3 is 0 Å². The molecule has 0 aliphatic rings. The summed E-state index contributed by atoms with van der Waals surface area (Å²) >= 11 is 0. The first-order valence-electron chi connectivity index (χ1n) is 6.21. The van der Waals surface area contributed by atoms with Crippen molar-refractivity contribution in [2.24, 2.45) is 0 Å². The Kier molecular flexibility index (Phi) is 4.27. The fraction of sp³-hybridized carbons (Fsp3) is 0.133. The number of carbonyl (C=O) groups excluding carboxylic acids is 2. The number of nitrogens with one attached hydrogen (secondary N) is 1. The van der Waals surface area contributed by atoms with Crippen LogP contribution in [0.15, 0.2) is 42.7 Å². The minimum Gasteiger partial charge on any atom is -0.345 e. The second kappa shape index (κ2) is 6.13. The highest BCUT2D eigenvalue weighted by atomic mass is 19.1. The minimum absolute atomic E-state index is 0.0848. The maximum Gasteiger partial charge on any atom is 0.258 e. The quantitative estimate of drug-likeness (QED) is 0.941. The molecular weight excluding hydrogens is 273 g/mol. The number of benzene rings is 1. The standard InChI is InChI=1S/C15H14FN3O2/c1-19(2)15(21)10-3-5-11(6-4-10)18-14(20)12-7-8-17-9-13(12)16/h3-9H,1-2H3,(H,18,20). The fourth-order valence-electron chi connectivity index (χ4n) is 1.71. The topological polar surface area (TPSA) is 62.3 Å². The summed E-state index contributed by atoms with van der Waals surface area (Å²) < 4.78 is 13.4. The van der Waals surface area contributed by atoms with Gasteiger partial charge in [0.1, 0.15) is 0 Å². The van der Waals surface area contributed by atoms with E-state index in [1.54, 1.807) is 38.4 Å². The molecule has 5 nitrogen and oxygen atoms in total. The lowest BCUT2D eigenvalue weighted by Crippen LogP contribution is -2.21. The first-order chi connectivity index (χ1) is 9.99. The third-order valence-electron chi connectivity index (χ3n) is 2.81. The molecule has 0 aliphatic carbocycles. The number of aromatic nitrogens is 1. The van der Waals surface area contributed by atoms with Gasteiger partial charge in [0.25, 0.3) is 11.8 Å². The second-order valence-corrected chi connectivity index (χ2v) is 4.59. The lowest BCUT2D eigenvalue weighted by atomic mass is 10.1. The van der Waals surface area contributed by atoms with Gasteiger partial charge in [0, 0.05) is 31.5 Å². The van der Waals surface area contributed by atoms with Gasteiger partial charge in [-0.3, -0.25) is 14.6 Å². The molecule has 0 fully saturated rings. The monoisotopic (exact) mass is 287 g/mol. The smallest absolute Gasteiger partial charge is 0.258 e. The Bertz CT molecular complexity index is 669. The molecule has 1 N–H and O–H groups in total. The van der Waals surface area contributed by atoms with Crippen LogP contribution in [0, 0.1) is 5.82 Å². The average molecular weight is 287 g/mol. The Morgan fingerprint density at radius 1 is 1.14 bits per heavy atom. The summed E-state index contributed by atoms with van der Waals surface area (Å²) in [5.41, 5.74) is 0.901. The largest absolute Gasteiger partial charge is 0.345 e. The predicted octanol–water partition coefficient (Wildman–Crippen LogP) is 2.17. The summed E-state index contributed by atoms with van der Waals surface area (Å²) in [7, 11) is 3.31. The first kappa shape index (κ1) is 14.6. The number of nitrogens with zero attached hydrogens (tertiary/aromatic N) is 2. The molecule has 1 aromatic heterocycles. The number of amides is 2. The van der Waals surface area contributed by atoms with Crippen molar-refractivity contribution >= 4 is 17.5 Å². The van der Waals surface area contributed by atoms with Crippen molar-refractivity contribution in [3.8, 4) is 0 Å². The van der Waals surface area contributed by atoms with Crippen LogP contribution in [0.5, 0.6) is 0 Å². The molecule has 21 heavy (non-hydrogen) atoms. The highest BCUT2D eigenvalue weighted by Gasteiger charge is 2.12. The Morgan fingerprint density at radius 2 is 1.81 bits per heavy atom. The normalized spacial score (nSPS) is 10.0. The van der Waals surface area contributed by atoms with Gasteiger partial charge in [0.2, 0.25) is 0 Å². The average Bonchev–Trinajstić information content (AvgIpc) is 2.47. The van der Waals surface area contributed by atoms with Crippen molar-refractivity contribution < 1.29 is 14.0 Å². The maximum atomic E-state index is 13.4. The van der Waals surface area contributed by atoms with E-state index >= 15 is 0 Å². The number of pyridine rings is 1. The van der Waals surface area contributed by atoms with E-state index in [-0.39, 0.29) is 11.5 Å². The van der Waals surface area contributed by atoms with E-state index in [9.17, 15) is 14.0 Å². The first-order valence-corrected chi connectivity index (χ1v) is 6.21. The molecule has 0 saturated heterocycles. The van der Waals surface area contributed by atoms with Gasteiger partial charge in [-0.25, -0.2) is 4.39 Å². The van der Waals surface area contributed by atoms with Crippen molar-refractivity contribution in [3.05, 3.63) is 59.7 Å².